The highest BCUT2D eigenvalue weighted by Gasteiger charge is 1.99. The molecule has 0 aliphatic heterocycles. The molecule has 60 valence electrons. The minimum absolute atomic E-state index is 0.0451. The van der Waals surface area contributed by atoms with Crippen molar-refractivity contribution in [3.05, 3.63) is 0 Å². The lowest BCUT2D eigenvalue weighted by Crippen LogP contribution is -2.27. The van der Waals surface area contributed by atoms with Gasteiger partial charge in [0.05, 0.1) is 0 Å². The Labute approximate surface area is 66.9 Å². The van der Waals surface area contributed by atoms with Crippen molar-refractivity contribution in [2.24, 2.45) is 5.92 Å². The summed E-state index contributed by atoms with van der Waals surface area (Å²) in [6.07, 6.45) is 0.425. The van der Waals surface area contributed by atoms with Crippen molar-refractivity contribution in [3.8, 4) is 0 Å². The summed E-state index contributed by atoms with van der Waals surface area (Å²) in [6.45, 7) is 4.86. The highest BCUT2D eigenvalue weighted by Crippen LogP contribution is 1.89. The predicted molar refractivity (Wildman–Crippen MR) is 43.2 cm³/mol. The van der Waals surface area contributed by atoms with Crippen LogP contribution >= 0.6 is 11.6 Å². The SMILES string of the molecule is CC(C)CNC(=O)CCCl. The first-order chi connectivity index (χ1) is 4.66. The minimum Gasteiger partial charge on any atom is -0.356 e. The molecule has 3 heteroatoms. The number of halogens is 1. The Bertz CT molecular complexity index is 104. The van der Waals surface area contributed by atoms with Crippen molar-refractivity contribution >= 4 is 17.5 Å². The molecule has 0 atom stereocenters. The highest BCUT2D eigenvalue weighted by molar-refractivity contribution is 6.18. The number of rotatable bonds is 4. The molecule has 10 heavy (non-hydrogen) atoms. The molecule has 2 nitrogen and oxygen atoms in total. The largest absolute Gasteiger partial charge is 0.356 e. The van der Waals surface area contributed by atoms with Crippen molar-refractivity contribution < 1.29 is 4.79 Å². The van der Waals surface area contributed by atoms with Gasteiger partial charge in [-0.25, -0.2) is 0 Å². The van der Waals surface area contributed by atoms with Gasteiger partial charge in [-0.2, -0.15) is 0 Å². The van der Waals surface area contributed by atoms with Crippen molar-refractivity contribution in [3.63, 3.8) is 0 Å². The van der Waals surface area contributed by atoms with Crippen LogP contribution < -0.4 is 5.32 Å². The van der Waals surface area contributed by atoms with E-state index in [2.05, 4.69) is 19.2 Å². The molecule has 0 fully saturated rings. The summed E-state index contributed by atoms with van der Waals surface area (Å²) >= 11 is 5.35. The summed E-state index contributed by atoms with van der Waals surface area (Å²) in [5, 5.41) is 2.76. The second kappa shape index (κ2) is 5.54. The number of carbonyl (C=O) groups is 1. The van der Waals surface area contributed by atoms with Crippen molar-refractivity contribution in [2.45, 2.75) is 20.3 Å². The number of hydrogen-bond donors (Lipinski definition) is 1. The molecular formula is C7H14ClNO. The average Bonchev–Trinajstić information content (AvgIpc) is 1.85. The summed E-state index contributed by atoms with van der Waals surface area (Å²) in [7, 11) is 0. The standard InChI is InChI=1S/C7H14ClNO/c1-6(2)5-9-7(10)3-4-8/h6H,3-5H2,1-2H3,(H,9,10). The molecule has 0 heterocycles. The fraction of sp³-hybridized carbons (Fsp3) is 0.857. The van der Waals surface area contributed by atoms with E-state index >= 15 is 0 Å². The number of alkyl halides is 1. The van der Waals surface area contributed by atoms with Crippen LogP contribution in [0.15, 0.2) is 0 Å². The molecular weight excluding hydrogens is 150 g/mol. The molecule has 0 radical (unpaired) electrons. The molecule has 0 saturated carbocycles. The Morgan fingerprint density at radius 3 is 2.60 bits per heavy atom. The Balaban J connectivity index is 3.22. The Kier molecular flexibility index (Phi) is 5.40. The van der Waals surface area contributed by atoms with Crippen LogP contribution in [-0.4, -0.2) is 18.3 Å². The van der Waals surface area contributed by atoms with Gasteiger partial charge in [-0.05, 0) is 5.92 Å². The summed E-state index contributed by atoms with van der Waals surface area (Å²) in [6, 6.07) is 0. The van der Waals surface area contributed by atoms with E-state index in [0.717, 1.165) is 6.54 Å². The van der Waals surface area contributed by atoms with Gasteiger partial charge in [0, 0.05) is 18.8 Å². The van der Waals surface area contributed by atoms with E-state index in [4.69, 9.17) is 11.6 Å². The van der Waals surface area contributed by atoms with Crippen LogP contribution in [0, 0.1) is 5.92 Å². The van der Waals surface area contributed by atoms with E-state index in [1.54, 1.807) is 0 Å². The van der Waals surface area contributed by atoms with E-state index in [1.807, 2.05) is 0 Å². The van der Waals surface area contributed by atoms with Gasteiger partial charge in [0.25, 0.3) is 0 Å². The number of carbonyl (C=O) groups excluding carboxylic acids is 1. The smallest absolute Gasteiger partial charge is 0.221 e. The topological polar surface area (TPSA) is 29.1 Å². The monoisotopic (exact) mass is 163 g/mol. The lowest BCUT2D eigenvalue weighted by molar-refractivity contribution is -0.120. The van der Waals surface area contributed by atoms with Crippen LogP contribution in [0.25, 0.3) is 0 Å². The summed E-state index contributed by atoms with van der Waals surface area (Å²) in [5.41, 5.74) is 0. The lowest BCUT2D eigenvalue weighted by atomic mass is 10.2. The van der Waals surface area contributed by atoms with E-state index in [0.29, 0.717) is 18.2 Å². The first-order valence-electron chi connectivity index (χ1n) is 3.49. The second-order valence-corrected chi connectivity index (χ2v) is 3.01. The van der Waals surface area contributed by atoms with E-state index in [-0.39, 0.29) is 5.91 Å². The Morgan fingerprint density at radius 1 is 1.60 bits per heavy atom. The quantitative estimate of drug-likeness (QED) is 0.624. The Morgan fingerprint density at radius 2 is 2.20 bits per heavy atom. The third kappa shape index (κ3) is 5.89. The van der Waals surface area contributed by atoms with Crippen LogP contribution in [0.4, 0.5) is 0 Å². The van der Waals surface area contributed by atoms with Gasteiger partial charge in [0.2, 0.25) is 5.91 Å². The fourth-order valence-corrected chi connectivity index (χ4v) is 0.664. The van der Waals surface area contributed by atoms with Gasteiger partial charge in [-0.3, -0.25) is 4.79 Å². The molecule has 0 aliphatic carbocycles. The molecule has 0 unspecified atom stereocenters. The Hall–Kier alpha value is -0.240. The molecule has 1 N–H and O–H groups in total. The van der Waals surface area contributed by atoms with Crippen LogP contribution in [0.2, 0.25) is 0 Å². The maximum atomic E-state index is 10.8. The molecule has 0 aliphatic rings. The normalized spacial score (nSPS) is 10.0. The zero-order valence-corrected chi connectivity index (χ0v) is 7.24. The third-order valence-electron chi connectivity index (χ3n) is 1.03. The van der Waals surface area contributed by atoms with E-state index in [9.17, 15) is 4.79 Å². The summed E-state index contributed by atoms with van der Waals surface area (Å²) in [4.78, 5) is 10.8. The van der Waals surface area contributed by atoms with Gasteiger partial charge in [0.15, 0.2) is 0 Å². The molecule has 0 aromatic heterocycles. The molecule has 0 rings (SSSR count). The van der Waals surface area contributed by atoms with Crippen LogP contribution in [0.5, 0.6) is 0 Å². The third-order valence-corrected chi connectivity index (χ3v) is 1.22. The minimum atomic E-state index is 0.0451. The maximum absolute atomic E-state index is 10.8. The second-order valence-electron chi connectivity index (χ2n) is 2.64. The number of nitrogens with one attached hydrogen (secondary N) is 1. The van der Waals surface area contributed by atoms with Gasteiger partial charge in [-0.15, -0.1) is 11.6 Å². The molecule has 0 bridgehead atoms. The van der Waals surface area contributed by atoms with Crippen molar-refractivity contribution in [1.29, 1.82) is 0 Å². The molecule has 0 aromatic carbocycles. The van der Waals surface area contributed by atoms with Crippen LogP contribution in [0.1, 0.15) is 20.3 Å². The fourth-order valence-electron chi connectivity index (χ4n) is 0.492. The van der Waals surface area contributed by atoms with E-state index in [1.165, 1.54) is 0 Å². The van der Waals surface area contributed by atoms with Gasteiger partial charge in [0.1, 0.15) is 0 Å². The van der Waals surface area contributed by atoms with Crippen molar-refractivity contribution in [1.82, 2.24) is 5.32 Å². The number of amides is 1. The lowest BCUT2D eigenvalue weighted by Gasteiger charge is -2.05. The highest BCUT2D eigenvalue weighted by atomic mass is 35.5. The summed E-state index contributed by atoms with van der Waals surface area (Å²) in [5.74, 6) is 0.965. The van der Waals surface area contributed by atoms with E-state index < -0.39 is 0 Å². The zero-order chi connectivity index (χ0) is 7.98. The van der Waals surface area contributed by atoms with Crippen LogP contribution in [-0.2, 0) is 4.79 Å². The summed E-state index contributed by atoms with van der Waals surface area (Å²) < 4.78 is 0. The molecule has 0 spiro atoms. The molecule has 0 aromatic rings. The van der Waals surface area contributed by atoms with Gasteiger partial charge >= 0.3 is 0 Å². The average molecular weight is 164 g/mol. The maximum Gasteiger partial charge on any atom is 0.221 e. The van der Waals surface area contributed by atoms with Gasteiger partial charge < -0.3 is 5.32 Å². The van der Waals surface area contributed by atoms with Crippen molar-refractivity contribution in [2.75, 3.05) is 12.4 Å². The number of hydrogen-bond acceptors (Lipinski definition) is 1. The first kappa shape index (κ1) is 9.76. The first-order valence-corrected chi connectivity index (χ1v) is 4.03. The van der Waals surface area contributed by atoms with Crippen LogP contribution in [0.3, 0.4) is 0 Å². The van der Waals surface area contributed by atoms with Gasteiger partial charge in [-0.1, -0.05) is 13.8 Å². The molecule has 1 amide bonds. The zero-order valence-electron chi connectivity index (χ0n) is 6.48. The molecule has 0 saturated heterocycles. The predicted octanol–water partition coefficient (Wildman–Crippen LogP) is 1.39.